The molecule has 0 radical (unpaired) electrons. The number of carbonyl (C=O) groups is 4. The highest BCUT2D eigenvalue weighted by molar-refractivity contribution is 5.94. The van der Waals surface area contributed by atoms with Gasteiger partial charge in [-0.1, -0.05) is 20.3 Å². The van der Waals surface area contributed by atoms with E-state index in [0.29, 0.717) is 32.2 Å². The molecule has 0 aliphatic carbocycles. The topological polar surface area (TPSA) is 241 Å². The van der Waals surface area contributed by atoms with Crippen LogP contribution in [0.25, 0.3) is 0 Å². The van der Waals surface area contributed by atoms with Gasteiger partial charge in [-0.3, -0.25) is 19.4 Å². The van der Waals surface area contributed by atoms with Gasteiger partial charge < -0.3 is 44.0 Å². The molecule has 5 atom stereocenters. The summed E-state index contributed by atoms with van der Waals surface area (Å²) in [5.41, 5.74) is 21.7. The highest BCUT2D eigenvalue weighted by Crippen LogP contribution is 2.11. The molecule has 13 heteroatoms. The molecule has 5 unspecified atom stereocenters. The number of hydrogen-bond donors (Lipinski definition) is 8. The zero-order valence-electron chi connectivity index (χ0n) is 20.4. The van der Waals surface area contributed by atoms with Crippen LogP contribution < -0.4 is 38.9 Å². The number of carbonyl (C=O) groups excluding carboxylic acids is 3. The van der Waals surface area contributed by atoms with E-state index in [4.69, 9.17) is 22.9 Å². The van der Waals surface area contributed by atoms with E-state index in [9.17, 15) is 24.3 Å². The number of rotatable bonds is 17. The number of carboxylic acids is 1. The van der Waals surface area contributed by atoms with Gasteiger partial charge in [0.05, 0.1) is 6.04 Å². The molecule has 0 saturated carbocycles. The molecule has 0 aromatic carbocycles. The Morgan fingerprint density at radius 1 is 0.882 bits per heavy atom. The third kappa shape index (κ3) is 12.3. The zero-order valence-corrected chi connectivity index (χ0v) is 20.4. The van der Waals surface area contributed by atoms with E-state index in [1.807, 2.05) is 6.92 Å². The van der Waals surface area contributed by atoms with Crippen LogP contribution in [0.15, 0.2) is 4.99 Å². The first-order chi connectivity index (χ1) is 15.9. The Bertz CT molecular complexity index is 697. The van der Waals surface area contributed by atoms with Gasteiger partial charge in [-0.15, -0.1) is 0 Å². The van der Waals surface area contributed by atoms with E-state index in [-0.39, 0.29) is 31.3 Å². The van der Waals surface area contributed by atoms with E-state index in [1.54, 1.807) is 6.92 Å². The number of hydrogen-bond acceptors (Lipinski definition) is 7. The van der Waals surface area contributed by atoms with E-state index in [0.717, 1.165) is 0 Å². The fraction of sp³-hybridized carbons (Fsp3) is 0.762. The van der Waals surface area contributed by atoms with Crippen LogP contribution in [0.5, 0.6) is 0 Å². The number of nitrogens with one attached hydrogen (secondary N) is 3. The van der Waals surface area contributed by atoms with Crippen molar-refractivity contribution in [1.29, 1.82) is 0 Å². The minimum atomic E-state index is -1.17. The minimum Gasteiger partial charge on any atom is -0.480 e. The largest absolute Gasteiger partial charge is 0.480 e. The van der Waals surface area contributed by atoms with Gasteiger partial charge in [0.15, 0.2) is 5.96 Å². The summed E-state index contributed by atoms with van der Waals surface area (Å²) in [5, 5.41) is 17.2. The molecule has 0 aliphatic rings. The van der Waals surface area contributed by atoms with Crippen LogP contribution in [-0.2, 0) is 19.2 Å². The second-order valence-corrected chi connectivity index (χ2v) is 8.35. The molecule has 0 rings (SSSR count). The smallest absolute Gasteiger partial charge is 0.326 e. The van der Waals surface area contributed by atoms with Crippen LogP contribution in [0.1, 0.15) is 59.3 Å². The maximum absolute atomic E-state index is 13.0. The molecule has 3 amide bonds. The number of guanidine groups is 1. The van der Waals surface area contributed by atoms with Gasteiger partial charge in [-0.2, -0.15) is 0 Å². The molecule has 0 heterocycles. The van der Waals surface area contributed by atoms with Crippen molar-refractivity contribution in [2.75, 3.05) is 13.1 Å². The first kappa shape index (κ1) is 31.1. The summed E-state index contributed by atoms with van der Waals surface area (Å²) in [6, 6.07) is -3.92. The highest BCUT2D eigenvalue weighted by atomic mass is 16.4. The van der Waals surface area contributed by atoms with Crippen LogP contribution >= 0.6 is 0 Å². The first-order valence-electron chi connectivity index (χ1n) is 11.6. The van der Waals surface area contributed by atoms with E-state index in [2.05, 4.69) is 20.9 Å². The Morgan fingerprint density at radius 2 is 1.47 bits per heavy atom. The molecule has 13 nitrogen and oxygen atoms in total. The van der Waals surface area contributed by atoms with Crippen LogP contribution in [-0.4, -0.2) is 72.0 Å². The van der Waals surface area contributed by atoms with Gasteiger partial charge >= 0.3 is 5.97 Å². The average Bonchev–Trinajstić information content (AvgIpc) is 2.77. The predicted molar refractivity (Wildman–Crippen MR) is 129 cm³/mol. The lowest BCUT2D eigenvalue weighted by molar-refractivity contribution is -0.143. The summed E-state index contributed by atoms with van der Waals surface area (Å²) in [6.07, 6.45) is 2.52. The Morgan fingerprint density at radius 3 is 1.97 bits per heavy atom. The second kappa shape index (κ2) is 16.6. The van der Waals surface area contributed by atoms with Crippen molar-refractivity contribution < 1.29 is 24.3 Å². The monoisotopic (exact) mass is 486 g/mol. The van der Waals surface area contributed by atoms with Crippen molar-refractivity contribution >= 4 is 29.7 Å². The van der Waals surface area contributed by atoms with Crippen molar-refractivity contribution in [2.45, 2.75) is 83.5 Å². The standard InChI is InChI=1S/C21H42N8O5/c1-4-12(2)16(19(32)28-15(20(33)34)8-5-6-10-22)29-18(31)14(27-17(30)13(3)23)9-7-11-26-21(24)25/h12-16H,4-11,22-23H2,1-3H3,(H,27,30)(H,28,32)(H,29,31)(H,33,34)(H4,24,25,26). The molecule has 0 bridgehead atoms. The minimum absolute atomic E-state index is 0.0893. The molecule has 0 aromatic rings. The summed E-state index contributed by atoms with van der Waals surface area (Å²) in [6.45, 7) is 5.76. The van der Waals surface area contributed by atoms with Crippen molar-refractivity contribution in [2.24, 2.45) is 33.8 Å². The van der Waals surface area contributed by atoms with E-state index >= 15 is 0 Å². The van der Waals surface area contributed by atoms with Crippen molar-refractivity contribution in [3.63, 3.8) is 0 Å². The fourth-order valence-corrected chi connectivity index (χ4v) is 3.04. The first-order valence-corrected chi connectivity index (χ1v) is 11.6. The molecule has 34 heavy (non-hydrogen) atoms. The molecular weight excluding hydrogens is 444 g/mol. The molecule has 0 saturated heterocycles. The SMILES string of the molecule is CCC(C)C(NC(=O)C(CCCN=C(N)N)NC(=O)C(C)N)C(=O)NC(CCCCN)C(=O)O. The van der Waals surface area contributed by atoms with Crippen LogP contribution in [0.2, 0.25) is 0 Å². The maximum Gasteiger partial charge on any atom is 0.326 e. The third-order valence-corrected chi connectivity index (χ3v) is 5.35. The van der Waals surface area contributed by atoms with Gasteiger partial charge in [0, 0.05) is 6.54 Å². The molecule has 0 aromatic heterocycles. The number of aliphatic carboxylic acids is 1. The van der Waals surface area contributed by atoms with Gasteiger partial charge in [-0.25, -0.2) is 4.79 Å². The quantitative estimate of drug-likeness (QED) is 0.0649. The van der Waals surface area contributed by atoms with Gasteiger partial charge in [0.2, 0.25) is 17.7 Å². The highest BCUT2D eigenvalue weighted by Gasteiger charge is 2.32. The predicted octanol–water partition coefficient (Wildman–Crippen LogP) is -1.90. The lowest BCUT2D eigenvalue weighted by Crippen LogP contribution is -2.58. The fourth-order valence-electron chi connectivity index (χ4n) is 3.04. The Labute approximate surface area is 200 Å². The molecule has 0 aliphatic heterocycles. The number of nitrogens with zero attached hydrogens (tertiary/aromatic N) is 1. The number of aliphatic imine (C=N–C) groups is 1. The van der Waals surface area contributed by atoms with E-state index < -0.39 is 47.9 Å². The lowest BCUT2D eigenvalue weighted by atomic mass is 9.96. The Kier molecular flexibility index (Phi) is 15.2. The molecule has 196 valence electrons. The Balaban J connectivity index is 5.47. The van der Waals surface area contributed by atoms with Gasteiger partial charge in [0.1, 0.15) is 18.1 Å². The number of nitrogens with two attached hydrogens (primary N) is 4. The number of amides is 3. The summed E-state index contributed by atoms with van der Waals surface area (Å²) < 4.78 is 0. The van der Waals surface area contributed by atoms with Gasteiger partial charge in [0.25, 0.3) is 0 Å². The molecule has 0 fully saturated rings. The number of unbranched alkanes of at least 4 members (excludes halogenated alkanes) is 1. The lowest BCUT2D eigenvalue weighted by Gasteiger charge is -2.28. The zero-order chi connectivity index (χ0) is 26.3. The summed E-state index contributed by atoms with van der Waals surface area (Å²) in [5.74, 6) is -3.28. The average molecular weight is 487 g/mol. The van der Waals surface area contributed by atoms with E-state index in [1.165, 1.54) is 6.92 Å². The molecule has 0 spiro atoms. The van der Waals surface area contributed by atoms with Gasteiger partial charge in [-0.05, 0) is 51.5 Å². The summed E-state index contributed by atoms with van der Waals surface area (Å²) >= 11 is 0. The second-order valence-electron chi connectivity index (χ2n) is 8.35. The number of carboxylic acid groups (broad SMARTS) is 1. The van der Waals surface area contributed by atoms with Crippen molar-refractivity contribution in [1.82, 2.24) is 16.0 Å². The maximum atomic E-state index is 13.0. The Hall–Kier alpha value is -2.93. The summed E-state index contributed by atoms with van der Waals surface area (Å²) in [7, 11) is 0. The molecule has 12 N–H and O–H groups in total. The summed E-state index contributed by atoms with van der Waals surface area (Å²) in [4.78, 5) is 53.5. The normalized spacial score (nSPS) is 15.2. The third-order valence-electron chi connectivity index (χ3n) is 5.35. The van der Waals surface area contributed by atoms with Crippen LogP contribution in [0.4, 0.5) is 0 Å². The van der Waals surface area contributed by atoms with Crippen LogP contribution in [0, 0.1) is 5.92 Å². The van der Waals surface area contributed by atoms with Crippen LogP contribution in [0.3, 0.4) is 0 Å². The van der Waals surface area contributed by atoms with Crippen molar-refractivity contribution in [3.05, 3.63) is 0 Å². The molecular formula is C21H42N8O5. The van der Waals surface area contributed by atoms with Crippen molar-refractivity contribution in [3.8, 4) is 0 Å².